The molecule has 1 fully saturated rings. The van der Waals surface area contributed by atoms with Crippen molar-refractivity contribution in [3.63, 3.8) is 0 Å². The van der Waals surface area contributed by atoms with Crippen molar-refractivity contribution in [3.05, 3.63) is 35.9 Å². The quantitative estimate of drug-likeness (QED) is 0.459. The maximum atomic E-state index is 2.50. The lowest BCUT2D eigenvalue weighted by atomic mass is 9.92. The van der Waals surface area contributed by atoms with Gasteiger partial charge in [0.25, 0.3) is 0 Å². The molecule has 1 saturated heterocycles. The number of halogens is 1. The molecule has 1 atom stereocenters. The Balaban J connectivity index is 1.94. The predicted molar refractivity (Wildman–Crippen MR) is 64.2 cm³/mol. The van der Waals surface area contributed by atoms with E-state index >= 15 is 0 Å². The maximum absolute atomic E-state index is 2.50. The molecule has 1 aromatic carbocycles. The smallest absolute Gasteiger partial charge is 0.0590 e. The Bertz CT molecular complexity index is 265. The molecule has 1 aromatic rings. The lowest BCUT2D eigenvalue weighted by Gasteiger charge is -2.41. The molecule has 0 aromatic heterocycles. The summed E-state index contributed by atoms with van der Waals surface area (Å²) >= 11 is 2.48. The van der Waals surface area contributed by atoms with Crippen LogP contribution >= 0.6 is 22.6 Å². The standard InChI is InChI=1S/C11H14IN/c1-9(12)13-7-11(8-13)10-5-3-2-4-6-10/h2-6,9,11H,7-8H2,1H3. The molecule has 0 bridgehead atoms. The molecule has 0 amide bonds. The minimum atomic E-state index is 0.678. The molecule has 1 heterocycles. The van der Waals surface area contributed by atoms with Gasteiger partial charge in [0.05, 0.1) is 4.05 Å². The fourth-order valence-corrected chi connectivity index (χ4v) is 2.19. The van der Waals surface area contributed by atoms with Crippen LogP contribution in [0.5, 0.6) is 0 Å². The normalized spacial score (nSPS) is 21.1. The summed E-state index contributed by atoms with van der Waals surface area (Å²) in [6.45, 7) is 4.71. The monoisotopic (exact) mass is 287 g/mol. The molecular formula is C11H14IN. The van der Waals surface area contributed by atoms with Crippen molar-refractivity contribution in [1.82, 2.24) is 4.90 Å². The average Bonchev–Trinajstić information content (AvgIpc) is 2.02. The molecule has 0 radical (unpaired) electrons. The van der Waals surface area contributed by atoms with Gasteiger partial charge in [-0.1, -0.05) is 52.9 Å². The Morgan fingerprint density at radius 1 is 1.31 bits per heavy atom. The molecule has 0 aliphatic carbocycles. The average molecular weight is 287 g/mol. The SMILES string of the molecule is CC(I)N1CC(c2ccccc2)C1. The highest BCUT2D eigenvalue weighted by molar-refractivity contribution is 14.1. The summed E-state index contributed by atoms with van der Waals surface area (Å²) in [5.41, 5.74) is 1.50. The van der Waals surface area contributed by atoms with E-state index in [9.17, 15) is 0 Å². The molecule has 1 aliphatic heterocycles. The van der Waals surface area contributed by atoms with E-state index in [-0.39, 0.29) is 0 Å². The van der Waals surface area contributed by atoms with E-state index in [1.807, 2.05) is 0 Å². The summed E-state index contributed by atoms with van der Waals surface area (Å²) < 4.78 is 0.678. The van der Waals surface area contributed by atoms with Gasteiger partial charge >= 0.3 is 0 Å². The highest BCUT2D eigenvalue weighted by Gasteiger charge is 2.29. The number of hydrogen-bond acceptors (Lipinski definition) is 1. The van der Waals surface area contributed by atoms with Crippen molar-refractivity contribution in [2.45, 2.75) is 16.9 Å². The predicted octanol–water partition coefficient (Wildman–Crippen LogP) is 2.87. The van der Waals surface area contributed by atoms with E-state index in [1.54, 1.807) is 0 Å². The molecule has 0 N–H and O–H groups in total. The van der Waals surface area contributed by atoms with E-state index in [2.05, 4.69) is 64.7 Å². The molecule has 70 valence electrons. The topological polar surface area (TPSA) is 3.24 Å². The maximum Gasteiger partial charge on any atom is 0.0590 e. The number of hydrogen-bond donors (Lipinski definition) is 0. The second-order valence-corrected chi connectivity index (χ2v) is 5.44. The van der Waals surface area contributed by atoms with E-state index in [1.165, 1.54) is 18.7 Å². The van der Waals surface area contributed by atoms with Gasteiger partial charge in [-0.05, 0) is 12.5 Å². The van der Waals surface area contributed by atoms with Gasteiger partial charge in [-0.25, -0.2) is 0 Å². The van der Waals surface area contributed by atoms with Crippen LogP contribution in [-0.4, -0.2) is 22.0 Å². The van der Waals surface area contributed by atoms with Gasteiger partial charge < -0.3 is 0 Å². The van der Waals surface area contributed by atoms with Crippen molar-refractivity contribution < 1.29 is 0 Å². The fourth-order valence-electron chi connectivity index (χ4n) is 1.74. The number of rotatable bonds is 2. The van der Waals surface area contributed by atoms with Crippen LogP contribution in [0, 0.1) is 0 Å². The minimum absolute atomic E-state index is 0.678. The molecule has 1 aliphatic rings. The largest absolute Gasteiger partial charge is 0.291 e. The lowest BCUT2D eigenvalue weighted by molar-refractivity contribution is 0.149. The first kappa shape index (κ1) is 9.46. The number of alkyl halides is 1. The molecular weight excluding hydrogens is 273 g/mol. The van der Waals surface area contributed by atoms with Crippen molar-refractivity contribution in [1.29, 1.82) is 0 Å². The third kappa shape index (κ3) is 2.05. The third-order valence-electron chi connectivity index (χ3n) is 2.68. The van der Waals surface area contributed by atoms with Crippen LogP contribution in [0.1, 0.15) is 18.4 Å². The third-order valence-corrected chi connectivity index (χ3v) is 3.47. The number of nitrogens with zero attached hydrogens (tertiary/aromatic N) is 1. The molecule has 0 saturated carbocycles. The summed E-state index contributed by atoms with van der Waals surface area (Å²) in [4.78, 5) is 2.50. The van der Waals surface area contributed by atoms with Gasteiger partial charge in [-0.2, -0.15) is 0 Å². The summed E-state index contributed by atoms with van der Waals surface area (Å²) in [5, 5.41) is 0. The second-order valence-electron chi connectivity index (χ2n) is 3.64. The van der Waals surface area contributed by atoms with Crippen LogP contribution in [0.3, 0.4) is 0 Å². The van der Waals surface area contributed by atoms with Crippen LogP contribution in [0.15, 0.2) is 30.3 Å². The van der Waals surface area contributed by atoms with Crippen LogP contribution in [0.4, 0.5) is 0 Å². The Hall–Kier alpha value is -0.0900. The molecule has 1 unspecified atom stereocenters. The highest BCUT2D eigenvalue weighted by Crippen LogP contribution is 2.29. The Morgan fingerprint density at radius 3 is 2.46 bits per heavy atom. The summed E-state index contributed by atoms with van der Waals surface area (Å²) in [6, 6.07) is 10.8. The van der Waals surface area contributed by atoms with Crippen LogP contribution < -0.4 is 0 Å². The zero-order valence-corrected chi connectivity index (χ0v) is 9.94. The van der Waals surface area contributed by atoms with E-state index in [0.29, 0.717) is 4.05 Å². The van der Waals surface area contributed by atoms with Crippen molar-refractivity contribution in [3.8, 4) is 0 Å². The van der Waals surface area contributed by atoms with Gasteiger partial charge in [0.2, 0.25) is 0 Å². The molecule has 0 spiro atoms. The van der Waals surface area contributed by atoms with Crippen LogP contribution in [-0.2, 0) is 0 Å². The minimum Gasteiger partial charge on any atom is -0.291 e. The summed E-state index contributed by atoms with van der Waals surface area (Å²) in [5.74, 6) is 0.776. The Labute approximate surface area is 93.3 Å². The van der Waals surface area contributed by atoms with Gasteiger partial charge in [-0.15, -0.1) is 0 Å². The molecule has 1 nitrogen and oxygen atoms in total. The Kier molecular flexibility index (Phi) is 2.89. The highest BCUT2D eigenvalue weighted by atomic mass is 127. The summed E-state index contributed by atoms with van der Waals surface area (Å²) in [6.07, 6.45) is 0. The van der Waals surface area contributed by atoms with Crippen molar-refractivity contribution in [2.24, 2.45) is 0 Å². The zero-order chi connectivity index (χ0) is 9.26. The number of likely N-dealkylation sites (tertiary alicyclic amines) is 1. The summed E-state index contributed by atoms with van der Waals surface area (Å²) in [7, 11) is 0. The van der Waals surface area contributed by atoms with Crippen LogP contribution in [0.25, 0.3) is 0 Å². The van der Waals surface area contributed by atoms with E-state index in [0.717, 1.165) is 5.92 Å². The number of benzene rings is 1. The van der Waals surface area contributed by atoms with E-state index < -0.39 is 0 Å². The second kappa shape index (κ2) is 3.96. The Morgan fingerprint density at radius 2 is 1.92 bits per heavy atom. The molecule has 2 rings (SSSR count). The lowest BCUT2D eigenvalue weighted by Crippen LogP contribution is -2.47. The van der Waals surface area contributed by atoms with Crippen molar-refractivity contribution in [2.75, 3.05) is 13.1 Å². The fraction of sp³-hybridized carbons (Fsp3) is 0.455. The van der Waals surface area contributed by atoms with E-state index in [4.69, 9.17) is 0 Å². The first-order chi connectivity index (χ1) is 6.27. The molecule has 2 heteroatoms. The zero-order valence-electron chi connectivity index (χ0n) is 7.78. The first-order valence-electron chi connectivity index (χ1n) is 4.70. The molecule has 13 heavy (non-hydrogen) atoms. The van der Waals surface area contributed by atoms with Gasteiger partial charge in [0.1, 0.15) is 0 Å². The van der Waals surface area contributed by atoms with Gasteiger partial charge in [-0.3, -0.25) is 4.90 Å². The first-order valence-corrected chi connectivity index (χ1v) is 5.95. The van der Waals surface area contributed by atoms with Gasteiger partial charge in [0, 0.05) is 19.0 Å². The van der Waals surface area contributed by atoms with Crippen LogP contribution in [0.2, 0.25) is 0 Å². The van der Waals surface area contributed by atoms with Crippen molar-refractivity contribution >= 4 is 22.6 Å². The van der Waals surface area contributed by atoms with Gasteiger partial charge in [0.15, 0.2) is 0 Å².